The molecule has 0 bridgehead atoms. The molecule has 33 heavy (non-hydrogen) atoms. The molecule has 0 atom stereocenters. The summed E-state index contributed by atoms with van der Waals surface area (Å²) in [5.41, 5.74) is 0.611. The van der Waals surface area contributed by atoms with Gasteiger partial charge in [-0.2, -0.15) is 0 Å². The molecule has 8 nitrogen and oxygen atoms in total. The number of amides is 1. The molecular formula is C25H34N4O4. The van der Waals surface area contributed by atoms with Crippen molar-refractivity contribution in [1.82, 2.24) is 15.1 Å². The predicted molar refractivity (Wildman–Crippen MR) is 126 cm³/mol. The second-order valence-electron chi connectivity index (χ2n) is 8.41. The van der Waals surface area contributed by atoms with Crippen molar-refractivity contribution >= 4 is 11.7 Å². The van der Waals surface area contributed by atoms with Gasteiger partial charge in [0, 0.05) is 37.8 Å². The minimum atomic E-state index is 0.000894. The minimum absolute atomic E-state index is 0.000894. The first-order valence-corrected chi connectivity index (χ1v) is 12.1. The van der Waals surface area contributed by atoms with Gasteiger partial charge in [0.2, 0.25) is 5.88 Å². The zero-order valence-electron chi connectivity index (χ0n) is 19.7. The quantitative estimate of drug-likeness (QED) is 0.598. The van der Waals surface area contributed by atoms with Gasteiger partial charge in [-0.1, -0.05) is 6.42 Å². The van der Waals surface area contributed by atoms with E-state index in [1.165, 1.54) is 19.3 Å². The third kappa shape index (κ3) is 5.86. The maximum absolute atomic E-state index is 13.1. The molecule has 178 valence electrons. The lowest BCUT2D eigenvalue weighted by Crippen LogP contribution is -2.49. The van der Waals surface area contributed by atoms with Gasteiger partial charge in [0.15, 0.2) is 17.3 Å². The highest BCUT2D eigenvalue weighted by molar-refractivity contribution is 5.95. The zero-order valence-corrected chi connectivity index (χ0v) is 19.7. The molecule has 0 unspecified atom stereocenters. The van der Waals surface area contributed by atoms with Crippen LogP contribution < -0.4 is 19.1 Å². The van der Waals surface area contributed by atoms with E-state index in [-0.39, 0.29) is 12.0 Å². The Bertz CT molecular complexity index is 907. The average Bonchev–Trinajstić information content (AvgIpc) is 2.86. The van der Waals surface area contributed by atoms with Crippen LogP contribution in [0.25, 0.3) is 0 Å². The fraction of sp³-hybridized carbons (Fsp3) is 0.560. The zero-order chi connectivity index (χ0) is 23.0. The lowest BCUT2D eigenvalue weighted by atomic mass is 9.98. The number of hydrogen-bond donors (Lipinski definition) is 0. The molecular weight excluding hydrogens is 420 g/mol. The smallest absolute Gasteiger partial charge is 0.254 e. The number of benzene rings is 1. The van der Waals surface area contributed by atoms with Crippen LogP contribution in [0.5, 0.6) is 17.4 Å². The first-order chi connectivity index (χ1) is 16.2. The van der Waals surface area contributed by atoms with Crippen LogP contribution in [0, 0.1) is 0 Å². The molecule has 1 saturated carbocycles. The summed E-state index contributed by atoms with van der Waals surface area (Å²) in [6.07, 6.45) is 6.20. The van der Waals surface area contributed by atoms with E-state index >= 15 is 0 Å². The fourth-order valence-electron chi connectivity index (χ4n) is 4.40. The van der Waals surface area contributed by atoms with Gasteiger partial charge in [0.05, 0.1) is 13.2 Å². The highest BCUT2D eigenvalue weighted by atomic mass is 16.5. The van der Waals surface area contributed by atoms with E-state index in [2.05, 4.69) is 15.1 Å². The Morgan fingerprint density at radius 3 is 2.30 bits per heavy atom. The molecule has 0 spiro atoms. The molecule has 1 aliphatic carbocycles. The summed E-state index contributed by atoms with van der Waals surface area (Å²) in [5.74, 6) is 2.68. The molecule has 2 aliphatic rings. The Kier molecular flexibility index (Phi) is 7.86. The predicted octanol–water partition coefficient (Wildman–Crippen LogP) is 3.95. The van der Waals surface area contributed by atoms with Crippen molar-refractivity contribution in [3.63, 3.8) is 0 Å². The van der Waals surface area contributed by atoms with E-state index in [1.807, 2.05) is 36.9 Å². The average molecular weight is 455 g/mol. The number of carbonyl (C=O) groups is 1. The number of nitrogens with zero attached hydrogens (tertiary/aromatic N) is 4. The maximum Gasteiger partial charge on any atom is 0.254 e. The summed E-state index contributed by atoms with van der Waals surface area (Å²) in [5, 5.41) is 8.65. The fourth-order valence-corrected chi connectivity index (χ4v) is 4.40. The minimum Gasteiger partial charge on any atom is -0.490 e. The van der Waals surface area contributed by atoms with Gasteiger partial charge in [0.1, 0.15) is 6.10 Å². The molecule has 2 aromatic rings. The van der Waals surface area contributed by atoms with Crippen molar-refractivity contribution in [3.8, 4) is 17.4 Å². The van der Waals surface area contributed by atoms with Crippen LogP contribution in [-0.2, 0) is 0 Å². The van der Waals surface area contributed by atoms with Crippen molar-refractivity contribution in [3.05, 3.63) is 35.9 Å². The first-order valence-electron chi connectivity index (χ1n) is 12.1. The number of hydrogen-bond acceptors (Lipinski definition) is 7. The molecule has 8 heteroatoms. The number of piperazine rings is 1. The van der Waals surface area contributed by atoms with Crippen LogP contribution in [0.4, 0.5) is 5.82 Å². The molecule has 1 aromatic heterocycles. The van der Waals surface area contributed by atoms with Crippen molar-refractivity contribution in [2.45, 2.75) is 52.1 Å². The molecule has 2 fully saturated rings. The lowest BCUT2D eigenvalue weighted by molar-refractivity contribution is 0.0746. The highest BCUT2D eigenvalue weighted by Crippen LogP contribution is 2.29. The van der Waals surface area contributed by atoms with Gasteiger partial charge < -0.3 is 24.0 Å². The van der Waals surface area contributed by atoms with Gasteiger partial charge >= 0.3 is 0 Å². The summed E-state index contributed by atoms with van der Waals surface area (Å²) >= 11 is 0. The van der Waals surface area contributed by atoms with E-state index in [9.17, 15) is 4.79 Å². The monoisotopic (exact) mass is 454 g/mol. The summed E-state index contributed by atoms with van der Waals surface area (Å²) in [6.45, 7) is 7.57. The van der Waals surface area contributed by atoms with Gasteiger partial charge in [-0.25, -0.2) is 0 Å². The topological polar surface area (TPSA) is 77.0 Å². The number of anilines is 1. The van der Waals surface area contributed by atoms with Crippen LogP contribution >= 0.6 is 0 Å². The molecule has 1 saturated heterocycles. The van der Waals surface area contributed by atoms with Gasteiger partial charge in [0.25, 0.3) is 5.91 Å². The maximum atomic E-state index is 13.1. The Morgan fingerprint density at radius 2 is 1.64 bits per heavy atom. The van der Waals surface area contributed by atoms with E-state index < -0.39 is 0 Å². The summed E-state index contributed by atoms with van der Waals surface area (Å²) in [6, 6.07) is 9.26. The lowest BCUT2D eigenvalue weighted by Gasteiger charge is -2.35. The van der Waals surface area contributed by atoms with Gasteiger partial charge in [-0.15, -0.1) is 10.2 Å². The van der Waals surface area contributed by atoms with Crippen molar-refractivity contribution in [2.24, 2.45) is 0 Å². The highest BCUT2D eigenvalue weighted by Gasteiger charge is 2.24. The summed E-state index contributed by atoms with van der Waals surface area (Å²) in [4.78, 5) is 17.1. The van der Waals surface area contributed by atoms with Crippen molar-refractivity contribution in [1.29, 1.82) is 0 Å². The molecule has 1 amide bonds. The van der Waals surface area contributed by atoms with Gasteiger partial charge in [-0.3, -0.25) is 4.79 Å². The number of carbonyl (C=O) groups excluding carboxylic acids is 1. The molecule has 1 aromatic carbocycles. The second-order valence-corrected chi connectivity index (χ2v) is 8.41. The van der Waals surface area contributed by atoms with Crippen LogP contribution in [0.15, 0.2) is 30.3 Å². The van der Waals surface area contributed by atoms with E-state index in [0.717, 1.165) is 18.7 Å². The normalized spacial score (nSPS) is 17.0. The van der Waals surface area contributed by atoms with Gasteiger partial charge in [-0.05, 0) is 63.8 Å². The Labute approximate surface area is 195 Å². The second kappa shape index (κ2) is 11.2. The molecule has 2 heterocycles. The molecule has 0 radical (unpaired) electrons. The number of ether oxygens (including phenoxy) is 3. The first kappa shape index (κ1) is 23.1. The third-order valence-electron chi connectivity index (χ3n) is 6.15. The van der Waals surface area contributed by atoms with Crippen LogP contribution in [0.3, 0.4) is 0 Å². The molecule has 1 aliphatic heterocycles. The third-order valence-corrected chi connectivity index (χ3v) is 6.15. The van der Waals surface area contributed by atoms with E-state index in [1.54, 1.807) is 12.1 Å². The molecule has 4 rings (SSSR count). The van der Waals surface area contributed by atoms with E-state index in [4.69, 9.17) is 14.2 Å². The van der Waals surface area contributed by atoms with Crippen molar-refractivity contribution < 1.29 is 19.0 Å². The standard InChI is InChI=1S/C25H34N4O4/c1-3-31-21-11-10-19(18-22(21)32-4-2)25(30)29-16-14-28(15-17-29)23-12-13-24(27-26-23)33-20-8-6-5-7-9-20/h10-13,18,20H,3-9,14-17H2,1-2H3. The number of aromatic nitrogens is 2. The summed E-state index contributed by atoms with van der Waals surface area (Å²) in [7, 11) is 0. The number of rotatable bonds is 8. The SMILES string of the molecule is CCOc1ccc(C(=O)N2CCN(c3ccc(OC4CCCCC4)nn3)CC2)cc1OCC. The summed E-state index contributed by atoms with van der Waals surface area (Å²) < 4.78 is 17.3. The van der Waals surface area contributed by atoms with Crippen molar-refractivity contribution in [2.75, 3.05) is 44.3 Å². The van der Waals surface area contributed by atoms with Crippen LogP contribution in [0.2, 0.25) is 0 Å². The Balaban J connectivity index is 1.32. The largest absolute Gasteiger partial charge is 0.490 e. The Morgan fingerprint density at radius 1 is 0.909 bits per heavy atom. The van der Waals surface area contributed by atoms with Crippen LogP contribution in [0.1, 0.15) is 56.3 Å². The Hall–Kier alpha value is -3.03. The molecule has 0 N–H and O–H groups in total. The van der Waals surface area contributed by atoms with E-state index in [0.29, 0.717) is 62.3 Å². The van der Waals surface area contributed by atoms with Crippen LogP contribution in [-0.4, -0.2) is 66.5 Å².